The standard InChI is InChI=1S/C20H19N/c1-20(2,3)15-10-13-5-4-12-7-9-17(21)16-8-6-14(11-15)18(13)19(12)16/h4-11H,21H2,1-3H3. The van der Waals surface area contributed by atoms with Gasteiger partial charge in [0.1, 0.15) is 0 Å². The molecule has 0 atom stereocenters. The van der Waals surface area contributed by atoms with Crippen molar-refractivity contribution >= 4 is 38.0 Å². The lowest BCUT2D eigenvalue weighted by Crippen LogP contribution is -2.10. The van der Waals surface area contributed by atoms with Crippen molar-refractivity contribution in [3.8, 4) is 0 Å². The normalized spacial score (nSPS) is 12.7. The molecule has 0 fully saturated rings. The van der Waals surface area contributed by atoms with E-state index in [0.717, 1.165) is 11.1 Å². The van der Waals surface area contributed by atoms with E-state index in [1.807, 2.05) is 6.07 Å². The highest BCUT2D eigenvalue weighted by Gasteiger charge is 2.17. The van der Waals surface area contributed by atoms with Crippen LogP contribution >= 0.6 is 0 Å². The molecule has 4 aromatic rings. The Kier molecular flexibility index (Phi) is 2.30. The third-order valence-corrected chi connectivity index (χ3v) is 4.50. The van der Waals surface area contributed by atoms with E-state index >= 15 is 0 Å². The van der Waals surface area contributed by atoms with E-state index in [1.54, 1.807) is 0 Å². The quantitative estimate of drug-likeness (QED) is 0.334. The number of rotatable bonds is 0. The van der Waals surface area contributed by atoms with Crippen molar-refractivity contribution in [3.63, 3.8) is 0 Å². The predicted octanol–water partition coefficient (Wildman–Crippen LogP) is 5.46. The average Bonchev–Trinajstić information content (AvgIpc) is 2.45. The maximum absolute atomic E-state index is 6.17. The summed E-state index contributed by atoms with van der Waals surface area (Å²) in [5.41, 5.74) is 8.56. The molecule has 2 N–H and O–H groups in total. The van der Waals surface area contributed by atoms with Crippen LogP contribution < -0.4 is 5.73 Å². The van der Waals surface area contributed by atoms with Gasteiger partial charge in [0, 0.05) is 11.1 Å². The van der Waals surface area contributed by atoms with Gasteiger partial charge < -0.3 is 5.73 Å². The lowest BCUT2D eigenvalue weighted by atomic mass is 9.83. The average molecular weight is 273 g/mol. The van der Waals surface area contributed by atoms with Crippen LogP contribution in [0.2, 0.25) is 0 Å². The van der Waals surface area contributed by atoms with Crippen LogP contribution in [-0.4, -0.2) is 0 Å². The zero-order chi connectivity index (χ0) is 14.8. The van der Waals surface area contributed by atoms with Crippen molar-refractivity contribution in [1.29, 1.82) is 0 Å². The molecule has 0 saturated carbocycles. The molecule has 104 valence electrons. The molecule has 4 aromatic carbocycles. The summed E-state index contributed by atoms with van der Waals surface area (Å²) in [5, 5.41) is 7.67. The van der Waals surface area contributed by atoms with Crippen LogP contribution in [0.1, 0.15) is 26.3 Å². The molecule has 0 radical (unpaired) electrons. The highest BCUT2D eigenvalue weighted by atomic mass is 14.5. The molecule has 0 aliphatic heterocycles. The molecule has 0 saturated heterocycles. The molecule has 4 rings (SSSR count). The largest absolute Gasteiger partial charge is 0.398 e. The van der Waals surface area contributed by atoms with Gasteiger partial charge in [0.15, 0.2) is 0 Å². The van der Waals surface area contributed by atoms with E-state index in [0.29, 0.717) is 0 Å². The molecule has 1 nitrogen and oxygen atoms in total. The highest BCUT2D eigenvalue weighted by Crippen LogP contribution is 2.39. The Morgan fingerprint density at radius 3 is 1.95 bits per heavy atom. The van der Waals surface area contributed by atoms with Crippen LogP contribution in [0, 0.1) is 0 Å². The maximum Gasteiger partial charge on any atom is 0.0394 e. The zero-order valence-electron chi connectivity index (χ0n) is 12.7. The van der Waals surface area contributed by atoms with Crippen molar-refractivity contribution in [2.24, 2.45) is 0 Å². The molecule has 0 amide bonds. The lowest BCUT2D eigenvalue weighted by Gasteiger charge is -2.21. The van der Waals surface area contributed by atoms with Gasteiger partial charge in [0.05, 0.1) is 0 Å². The van der Waals surface area contributed by atoms with Crippen LogP contribution in [-0.2, 0) is 5.41 Å². The minimum Gasteiger partial charge on any atom is -0.398 e. The summed E-state index contributed by atoms with van der Waals surface area (Å²) >= 11 is 0. The summed E-state index contributed by atoms with van der Waals surface area (Å²) in [5.74, 6) is 0. The summed E-state index contributed by atoms with van der Waals surface area (Å²) in [4.78, 5) is 0. The second-order valence-electron chi connectivity index (χ2n) is 6.98. The Morgan fingerprint density at radius 1 is 0.714 bits per heavy atom. The molecule has 0 bridgehead atoms. The molecular formula is C20H19N. The van der Waals surface area contributed by atoms with Gasteiger partial charge in [-0.25, -0.2) is 0 Å². The first-order valence-electron chi connectivity index (χ1n) is 7.43. The second-order valence-corrected chi connectivity index (χ2v) is 6.98. The van der Waals surface area contributed by atoms with Crippen LogP contribution in [0.5, 0.6) is 0 Å². The number of anilines is 1. The predicted molar refractivity (Wildman–Crippen MR) is 93.3 cm³/mol. The molecule has 0 spiro atoms. The van der Waals surface area contributed by atoms with E-state index in [1.165, 1.54) is 32.5 Å². The van der Waals surface area contributed by atoms with Gasteiger partial charge in [-0.15, -0.1) is 0 Å². The van der Waals surface area contributed by atoms with Gasteiger partial charge in [0.25, 0.3) is 0 Å². The fourth-order valence-electron chi connectivity index (χ4n) is 3.27. The Hall–Kier alpha value is -2.28. The Bertz CT molecular complexity index is 955. The van der Waals surface area contributed by atoms with Crippen LogP contribution in [0.15, 0.2) is 48.5 Å². The summed E-state index contributed by atoms with van der Waals surface area (Å²) < 4.78 is 0. The molecule has 0 aromatic heterocycles. The maximum atomic E-state index is 6.17. The van der Waals surface area contributed by atoms with Crippen molar-refractivity contribution in [2.75, 3.05) is 5.73 Å². The van der Waals surface area contributed by atoms with E-state index < -0.39 is 0 Å². The van der Waals surface area contributed by atoms with Gasteiger partial charge in [-0.2, -0.15) is 0 Å². The zero-order valence-corrected chi connectivity index (χ0v) is 12.7. The van der Waals surface area contributed by atoms with Gasteiger partial charge in [-0.1, -0.05) is 63.2 Å². The summed E-state index contributed by atoms with van der Waals surface area (Å²) in [7, 11) is 0. The molecule has 0 heterocycles. The van der Waals surface area contributed by atoms with E-state index in [2.05, 4.69) is 63.2 Å². The molecule has 0 aliphatic rings. The first kappa shape index (κ1) is 12.5. The number of nitrogen functional groups attached to an aromatic ring is 1. The molecular weight excluding hydrogens is 254 g/mol. The molecule has 1 heteroatoms. The smallest absolute Gasteiger partial charge is 0.0394 e. The Balaban J connectivity index is 2.26. The summed E-state index contributed by atoms with van der Waals surface area (Å²) in [6, 6.07) is 17.6. The second kappa shape index (κ2) is 3.88. The van der Waals surface area contributed by atoms with E-state index in [4.69, 9.17) is 5.73 Å². The lowest BCUT2D eigenvalue weighted by molar-refractivity contribution is 0.591. The Labute approximate surface area is 124 Å². The molecule has 0 unspecified atom stereocenters. The summed E-state index contributed by atoms with van der Waals surface area (Å²) in [6.07, 6.45) is 0. The third kappa shape index (κ3) is 1.70. The van der Waals surface area contributed by atoms with Crippen LogP contribution in [0.3, 0.4) is 0 Å². The van der Waals surface area contributed by atoms with Gasteiger partial charge in [0.2, 0.25) is 0 Å². The van der Waals surface area contributed by atoms with Crippen molar-refractivity contribution in [2.45, 2.75) is 26.2 Å². The first-order valence-corrected chi connectivity index (χ1v) is 7.43. The highest BCUT2D eigenvalue weighted by molar-refractivity contribution is 6.25. The van der Waals surface area contributed by atoms with Gasteiger partial charge in [-0.05, 0) is 44.0 Å². The number of hydrogen-bond donors (Lipinski definition) is 1. The fraction of sp³-hybridized carbons (Fsp3) is 0.200. The minimum absolute atomic E-state index is 0.156. The van der Waals surface area contributed by atoms with Crippen LogP contribution in [0.25, 0.3) is 32.3 Å². The SMILES string of the molecule is CC(C)(C)c1cc2ccc3ccc(N)c4ccc(c1)c2c34. The van der Waals surface area contributed by atoms with E-state index in [9.17, 15) is 0 Å². The first-order chi connectivity index (χ1) is 9.95. The van der Waals surface area contributed by atoms with Gasteiger partial charge >= 0.3 is 0 Å². The van der Waals surface area contributed by atoms with Crippen molar-refractivity contribution in [1.82, 2.24) is 0 Å². The molecule has 21 heavy (non-hydrogen) atoms. The number of benzene rings is 4. The van der Waals surface area contributed by atoms with Crippen molar-refractivity contribution < 1.29 is 0 Å². The third-order valence-electron chi connectivity index (χ3n) is 4.50. The molecule has 0 aliphatic carbocycles. The fourth-order valence-corrected chi connectivity index (χ4v) is 3.27. The monoisotopic (exact) mass is 273 g/mol. The van der Waals surface area contributed by atoms with Crippen LogP contribution in [0.4, 0.5) is 5.69 Å². The Morgan fingerprint density at radius 2 is 1.29 bits per heavy atom. The summed E-state index contributed by atoms with van der Waals surface area (Å²) in [6.45, 7) is 6.79. The minimum atomic E-state index is 0.156. The number of hydrogen-bond acceptors (Lipinski definition) is 1. The van der Waals surface area contributed by atoms with Gasteiger partial charge in [-0.3, -0.25) is 0 Å². The number of nitrogens with two attached hydrogens (primary N) is 1. The van der Waals surface area contributed by atoms with E-state index in [-0.39, 0.29) is 5.41 Å². The van der Waals surface area contributed by atoms with Crippen molar-refractivity contribution in [3.05, 3.63) is 54.1 Å². The topological polar surface area (TPSA) is 26.0 Å².